The Hall–Kier alpha value is -8.01. The summed E-state index contributed by atoms with van der Waals surface area (Å²) in [5.74, 6) is 1.92. The molecule has 0 amide bonds. The highest BCUT2D eigenvalue weighted by Crippen LogP contribution is 2.43. The maximum Gasteiger partial charge on any atom is 0.164 e. The molecule has 0 saturated heterocycles. The quantitative estimate of drug-likeness (QED) is 0.152. The number of nitrogens with zero attached hydrogens (tertiary/aromatic N) is 3. The lowest BCUT2D eigenvalue weighted by Crippen LogP contribution is -2.01. The second-order valence-electron chi connectivity index (χ2n) is 15.2. The molecule has 3 nitrogen and oxygen atoms in total. The van der Waals surface area contributed by atoms with Crippen LogP contribution in [0.3, 0.4) is 0 Å². The molecule has 0 radical (unpaired) electrons. The summed E-state index contributed by atoms with van der Waals surface area (Å²) in [6, 6.07) is 79.5. The van der Waals surface area contributed by atoms with E-state index in [1.165, 1.54) is 54.9 Å². The van der Waals surface area contributed by atoms with Crippen molar-refractivity contribution < 1.29 is 0 Å². The summed E-state index contributed by atoms with van der Waals surface area (Å²) in [6.07, 6.45) is 0. The lowest BCUT2D eigenvalue weighted by Gasteiger charge is -2.17. The van der Waals surface area contributed by atoms with E-state index in [4.69, 9.17) is 15.0 Å². The van der Waals surface area contributed by atoms with Gasteiger partial charge in [0.2, 0.25) is 0 Å². The van der Waals surface area contributed by atoms with Crippen LogP contribution in [0.4, 0.5) is 0 Å². The molecule has 11 aromatic rings. The summed E-state index contributed by atoms with van der Waals surface area (Å²) in [5.41, 5.74) is 12.3. The molecular weight excluding hydrogens is 727 g/mol. The van der Waals surface area contributed by atoms with Crippen molar-refractivity contribution in [2.45, 2.75) is 0 Å². The fraction of sp³-hybridized carbons (Fsp3) is 0. The van der Waals surface area contributed by atoms with Crippen molar-refractivity contribution in [2.24, 2.45) is 0 Å². The van der Waals surface area contributed by atoms with Crippen molar-refractivity contribution in [2.75, 3.05) is 0 Å². The molecule has 1 aromatic heterocycles. The predicted octanol–water partition coefficient (Wildman–Crippen LogP) is 15.0. The number of aromatic nitrogens is 3. The Morgan fingerprint density at radius 1 is 0.200 bits per heavy atom. The van der Waals surface area contributed by atoms with Crippen molar-refractivity contribution in [3.05, 3.63) is 224 Å². The summed E-state index contributed by atoms with van der Waals surface area (Å²) < 4.78 is 0. The first-order chi connectivity index (χ1) is 29.7. The molecule has 0 saturated carbocycles. The smallest absolute Gasteiger partial charge is 0.164 e. The highest BCUT2D eigenvalue weighted by Gasteiger charge is 2.19. The van der Waals surface area contributed by atoms with Crippen molar-refractivity contribution in [1.82, 2.24) is 15.0 Å². The fourth-order valence-corrected chi connectivity index (χ4v) is 8.50. The third-order valence-corrected chi connectivity index (χ3v) is 11.5. The Kier molecular flexibility index (Phi) is 8.83. The zero-order chi connectivity index (χ0) is 39.8. The van der Waals surface area contributed by atoms with E-state index < -0.39 is 0 Å². The monoisotopic (exact) mass is 763 g/mol. The molecular formula is C57H37N3. The van der Waals surface area contributed by atoms with E-state index in [-0.39, 0.29) is 0 Å². The first-order valence-corrected chi connectivity index (χ1v) is 20.3. The van der Waals surface area contributed by atoms with Crippen LogP contribution in [0.5, 0.6) is 0 Å². The van der Waals surface area contributed by atoms with Gasteiger partial charge in [-0.05, 0) is 83.6 Å². The number of fused-ring (bicyclic) bond motifs is 6. The zero-order valence-electron chi connectivity index (χ0n) is 32.7. The first kappa shape index (κ1) is 35.2. The number of benzene rings is 10. The molecule has 0 aliphatic heterocycles. The van der Waals surface area contributed by atoms with Gasteiger partial charge in [0.1, 0.15) is 0 Å². The van der Waals surface area contributed by atoms with Crippen LogP contribution < -0.4 is 0 Å². The molecule has 0 N–H and O–H groups in total. The van der Waals surface area contributed by atoms with Crippen molar-refractivity contribution in [3.63, 3.8) is 0 Å². The van der Waals surface area contributed by atoms with E-state index in [2.05, 4.69) is 188 Å². The van der Waals surface area contributed by atoms with Crippen molar-refractivity contribution in [3.8, 4) is 78.7 Å². The van der Waals surface area contributed by atoms with Gasteiger partial charge in [-0.1, -0.05) is 212 Å². The minimum Gasteiger partial charge on any atom is -0.208 e. The lowest BCUT2D eigenvalue weighted by atomic mass is 9.88. The molecule has 0 fully saturated rings. The minimum absolute atomic E-state index is 0.640. The van der Waals surface area contributed by atoms with Crippen molar-refractivity contribution in [1.29, 1.82) is 0 Å². The molecule has 280 valence electrons. The van der Waals surface area contributed by atoms with Gasteiger partial charge in [0.05, 0.1) is 0 Å². The largest absolute Gasteiger partial charge is 0.208 e. The zero-order valence-corrected chi connectivity index (χ0v) is 32.7. The highest BCUT2D eigenvalue weighted by molar-refractivity contribution is 6.28. The van der Waals surface area contributed by atoms with Gasteiger partial charge in [0, 0.05) is 22.1 Å². The van der Waals surface area contributed by atoms with E-state index in [9.17, 15) is 0 Å². The summed E-state index contributed by atoms with van der Waals surface area (Å²) in [4.78, 5) is 15.5. The molecule has 3 heteroatoms. The summed E-state index contributed by atoms with van der Waals surface area (Å²) in [6.45, 7) is 0. The van der Waals surface area contributed by atoms with Gasteiger partial charge in [-0.15, -0.1) is 0 Å². The second kappa shape index (κ2) is 15.1. The third-order valence-electron chi connectivity index (χ3n) is 11.5. The molecule has 0 bridgehead atoms. The van der Waals surface area contributed by atoms with E-state index in [0.717, 1.165) is 38.6 Å². The average molecular weight is 764 g/mol. The van der Waals surface area contributed by atoms with Crippen LogP contribution in [-0.2, 0) is 0 Å². The maximum absolute atomic E-state index is 5.25. The number of hydrogen-bond acceptors (Lipinski definition) is 3. The lowest BCUT2D eigenvalue weighted by molar-refractivity contribution is 1.08. The highest BCUT2D eigenvalue weighted by atomic mass is 15.0. The van der Waals surface area contributed by atoms with Crippen LogP contribution >= 0.6 is 0 Å². The van der Waals surface area contributed by atoms with E-state index >= 15 is 0 Å². The van der Waals surface area contributed by atoms with Gasteiger partial charge >= 0.3 is 0 Å². The fourth-order valence-electron chi connectivity index (χ4n) is 8.50. The Morgan fingerprint density at radius 2 is 0.500 bits per heavy atom. The SMILES string of the molecule is c1ccc(-c2ccc(-c3ccc(-c4ccc(-c5cc(-c6nc(-c7ccccc7)nc(-c7ccccc7)n6)c6c7ccccc7c7ccccc7c6c5)cc4)cc3)cc2)cc1. The van der Waals surface area contributed by atoms with Gasteiger partial charge in [0.25, 0.3) is 0 Å². The molecule has 11 rings (SSSR count). The predicted molar refractivity (Wildman–Crippen MR) is 250 cm³/mol. The third kappa shape index (κ3) is 6.49. The number of hydrogen-bond donors (Lipinski definition) is 0. The van der Waals surface area contributed by atoms with Crippen LogP contribution in [0.2, 0.25) is 0 Å². The van der Waals surface area contributed by atoms with Crippen LogP contribution in [-0.4, -0.2) is 15.0 Å². The standard InChI is InChI=1S/C57H37N3/c1-4-14-38(15-5-1)39-24-26-40(27-25-39)41-28-30-42(31-29-41)43-32-34-44(35-33-43)47-36-52-50-22-11-10-20-48(50)49-21-12-13-23-51(49)54(52)53(37-47)57-59-55(45-16-6-2-7-17-45)58-56(60-57)46-18-8-3-9-19-46/h1-37H. The minimum atomic E-state index is 0.640. The number of rotatable bonds is 7. The first-order valence-electron chi connectivity index (χ1n) is 20.3. The van der Waals surface area contributed by atoms with Crippen LogP contribution in [0.25, 0.3) is 111 Å². The van der Waals surface area contributed by atoms with E-state index in [1.807, 2.05) is 36.4 Å². The molecule has 60 heavy (non-hydrogen) atoms. The average Bonchev–Trinajstić information content (AvgIpc) is 3.34. The molecule has 0 unspecified atom stereocenters. The van der Waals surface area contributed by atoms with E-state index in [1.54, 1.807) is 0 Å². The normalized spacial score (nSPS) is 11.3. The summed E-state index contributed by atoms with van der Waals surface area (Å²) in [5, 5.41) is 7.08. The summed E-state index contributed by atoms with van der Waals surface area (Å²) >= 11 is 0. The van der Waals surface area contributed by atoms with Gasteiger partial charge in [0.15, 0.2) is 17.5 Å². The van der Waals surface area contributed by atoms with Gasteiger partial charge in [-0.25, -0.2) is 15.0 Å². The van der Waals surface area contributed by atoms with Crippen LogP contribution in [0.15, 0.2) is 224 Å². The second-order valence-corrected chi connectivity index (χ2v) is 15.2. The topological polar surface area (TPSA) is 38.7 Å². The Balaban J connectivity index is 1.04. The maximum atomic E-state index is 5.25. The van der Waals surface area contributed by atoms with Gasteiger partial charge in [-0.2, -0.15) is 0 Å². The molecule has 0 spiro atoms. The Bertz CT molecular complexity index is 3250. The molecule has 0 aliphatic carbocycles. The molecule has 0 atom stereocenters. The van der Waals surface area contributed by atoms with Crippen LogP contribution in [0.1, 0.15) is 0 Å². The van der Waals surface area contributed by atoms with Crippen LogP contribution in [0, 0.1) is 0 Å². The molecule has 1 heterocycles. The van der Waals surface area contributed by atoms with Gasteiger partial charge < -0.3 is 0 Å². The molecule has 10 aromatic carbocycles. The molecule has 0 aliphatic rings. The van der Waals surface area contributed by atoms with Gasteiger partial charge in [-0.3, -0.25) is 0 Å². The summed E-state index contributed by atoms with van der Waals surface area (Å²) in [7, 11) is 0. The Labute approximate surface area is 349 Å². The Morgan fingerprint density at radius 3 is 0.933 bits per heavy atom. The van der Waals surface area contributed by atoms with Crippen molar-refractivity contribution >= 4 is 32.3 Å². The van der Waals surface area contributed by atoms with E-state index in [0.29, 0.717) is 17.5 Å².